The first-order valence-corrected chi connectivity index (χ1v) is 6.45. The van der Waals surface area contributed by atoms with Crippen LogP contribution in [0.3, 0.4) is 0 Å². The fourth-order valence-electron chi connectivity index (χ4n) is 2.43. The number of nitrogens with one attached hydrogen (secondary N) is 1. The maximum Gasteiger partial charge on any atom is 0.256 e. The molecule has 1 saturated heterocycles. The van der Waals surface area contributed by atoms with Crippen LogP contribution in [-0.4, -0.2) is 28.4 Å². The number of anilines is 1. The van der Waals surface area contributed by atoms with Gasteiger partial charge >= 0.3 is 0 Å². The number of hydrazine groups is 1. The summed E-state index contributed by atoms with van der Waals surface area (Å²) in [5, 5.41) is 0. The van der Waals surface area contributed by atoms with Crippen LogP contribution in [-0.2, 0) is 0 Å². The average Bonchev–Trinajstić information content (AvgIpc) is 2.62. The largest absolute Gasteiger partial charge is 0.336 e. The summed E-state index contributed by atoms with van der Waals surface area (Å²) in [6, 6.07) is 2.01. The van der Waals surface area contributed by atoms with Crippen LogP contribution in [0, 0.1) is 0 Å². The Hall–Kier alpha value is -1.62. The van der Waals surface area contributed by atoms with Gasteiger partial charge < -0.3 is 10.3 Å². The number of pyridine rings is 1. The number of aromatic nitrogens is 1. The smallest absolute Gasteiger partial charge is 0.256 e. The zero-order chi connectivity index (χ0) is 13.0. The fraction of sp³-hybridized carbons (Fsp3) is 0.538. The third kappa shape index (κ3) is 2.61. The fourth-order valence-corrected chi connectivity index (χ4v) is 2.43. The Morgan fingerprint density at radius 3 is 3.11 bits per heavy atom. The first-order valence-electron chi connectivity index (χ1n) is 6.45. The van der Waals surface area contributed by atoms with Crippen LogP contribution in [0.4, 0.5) is 5.69 Å². The lowest BCUT2D eigenvalue weighted by Gasteiger charge is -2.27. The van der Waals surface area contributed by atoms with Crippen LogP contribution in [0.25, 0.3) is 0 Å². The Bertz CT molecular complexity index is 421. The molecule has 2 heterocycles. The van der Waals surface area contributed by atoms with Gasteiger partial charge in [0.2, 0.25) is 0 Å². The van der Waals surface area contributed by atoms with Gasteiger partial charge in [-0.25, -0.2) is 0 Å². The lowest BCUT2D eigenvalue weighted by molar-refractivity contribution is 0.0698. The molecule has 1 aromatic heterocycles. The lowest BCUT2D eigenvalue weighted by atomic mass is 10.1. The van der Waals surface area contributed by atoms with Crippen molar-refractivity contribution in [3.63, 3.8) is 0 Å². The van der Waals surface area contributed by atoms with Gasteiger partial charge in [-0.1, -0.05) is 12.8 Å². The van der Waals surface area contributed by atoms with Crippen molar-refractivity contribution in [2.75, 3.05) is 12.0 Å². The molecule has 0 spiro atoms. The molecule has 1 aliphatic rings. The summed E-state index contributed by atoms with van der Waals surface area (Å²) < 4.78 is 0. The van der Waals surface area contributed by atoms with Crippen molar-refractivity contribution < 1.29 is 4.79 Å². The molecule has 0 saturated carbocycles. The number of nitrogen functional groups attached to an aromatic ring is 1. The molecule has 0 radical (unpaired) electrons. The predicted octanol–water partition coefficient (Wildman–Crippen LogP) is 1.77. The number of likely N-dealkylation sites (tertiary alicyclic amines) is 1. The van der Waals surface area contributed by atoms with E-state index in [2.05, 4.69) is 17.3 Å². The maximum atomic E-state index is 12.5. The molecule has 1 fully saturated rings. The van der Waals surface area contributed by atoms with Crippen molar-refractivity contribution in [1.29, 1.82) is 0 Å². The van der Waals surface area contributed by atoms with E-state index >= 15 is 0 Å². The summed E-state index contributed by atoms with van der Waals surface area (Å²) in [6.45, 7) is 2.94. The van der Waals surface area contributed by atoms with E-state index in [9.17, 15) is 4.79 Å². The highest BCUT2D eigenvalue weighted by Crippen LogP contribution is 2.21. The average molecular weight is 248 g/mol. The summed E-state index contributed by atoms with van der Waals surface area (Å²) >= 11 is 0. The van der Waals surface area contributed by atoms with E-state index in [1.807, 2.05) is 4.90 Å². The summed E-state index contributed by atoms with van der Waals surface area (Å²) in [4.78, 5) is 18.5. The zero-order valence-electron chi connectivity index (χ0n) is 10.7. The van der Waals surface area contributed by atoms with Gasteiger partial charge in [-0.05, 0) is 25.8 Å². The Balaban J connectivity index is 2.23. The van der Waals surface area contributed by atoms with Gasteiger partial charge in [0.25, 0.3) is 5.91 Å². The second-order valence-corrected chi connectivity index (χ2v) is 4.76. The minimum Gasteiger partial charge on any atom is -0.336 e. The standard InChI is InChI=1S/C13H20N4O/c1-10-5-3-2-4-8-17(10)13(18)11-6-7-15-9-12(11)16-14/h6-7,9-10,16H,2-5,8,14H2,1H3. The second-order valence-electron chi connectivity index (χ2n) is 4.76. The molecule has 0 aliphatic carbocycles. The van der Waals surface area contributed by atoms with Crippen molar-refractivity contribution in [3.8, 4) is 0 Å². The summed E-state index contributed by atoms with van der Waals surface area (Å²) in [7, 11) is 0. The van der Waals surface area contributed by atoms with Crippen molar-refractivity contribution in [2.24, 2.45) is 5.84 Å². The monoisotopic (exact) mass is 248 g/mol. The van der Waals surface area contributed by atoms with Gasteiger partial charge in [0.05, 0.1) is 17.4 Å². The van der Waals surface area contributed by atoms with Gasteiger partial charge in [-0.3, -0.25) is 15.6 Å². The highest BCUT2D eigenvalue weighted by Gasteiger charge is 2.24. The van der Waals surface area contributed by atoms with E-state index in [1.54, 1.807) is 18.5 Å². The number of carbonyl (C=O) groups excluding carboxylic acids is 1. The maximum absolute atomic E-state index is 12.5. The first kappa shape index (κ1) is 12.8. The SMILES string of the molecule is CC1CCCCCN1C(=O)c1ccncc1NN. The molecule has 18 heavy (non-hydrogen) atoms. The molecule has 5 heteroatoms. The highest BCUT2D eigenvalue weighted by molar-refractivity contribution is 5.99. The van der Waals surface area contributed by atoms with Gasteiger partial charge in [0, 0.05) is 18.8 Å². The van der Waals surface area contributed by atoms with Gasteiger partial charge in [-0.2, -0.15) is 0 Å². The van der Waals surface area contributed by atoms with Gasteiger partial charge in [0.15, 0.2) is 0 Å². The van der Waals surface area contributed by atoms with Crippen molar-refractivity contribution in [2.45, 2.75) is 38.6 Å². The molecule has 1 atom stereocenters. The third-order valence-electron chi connectivity index (χ3n) is 3.52. The zero-order valence-corrected chi connectivity index (χ0v) is 10.7. The van der Waals surface area contributed by atoms with Crippen molar-refractivity contribution >= 4 is 11.6 Å². The van der Waals surface area contributed by atoms with Crippen LogP contribution in [0.1, 0.15) is 43.0 Å². The topological polar surface area (TPSA) is 71.2 Å². The number of rotatable bonds is 2. The van der Waals surface area contributed by atoms with E-state index in [0.29, 0.717) is 17.3 Å². The number of amides is 1. The highest BCUT2D eigenvalue weighted by atomic mass is 16.2. The lowest BCUT2D eigenvalue weighted by Crippen LogP contribution is -2.38. The van der Waals surface area contributed by atoms with Gasteiger partial charge in [0.1, 0.15) is 0 Å². The summed E-state index contributed by atoms with van der Waals surface area (Å²) in [6.07, 6.45) is 7.75. The molecule has 2 rings (SSSR count). The second kappa shape index (κ2) is 5.82. The molecule has 0 bridgehead atoms. The molecule has 1 aliphatic heterocycles. The molecule has 1 aromatic rings. The normalized spacial score (nSPS) is 20.3. The number of hydrogen-bond donors (Lipinski definition) is 2. The molecular formula is C13H20N4O. The van der Waals surface area contributed by atoms with Crippen molar-refractivity contribution in [3.05, 3.63) is 24.0 Å². The number of carbonyl (C=O) groups is 1. The Kier molecular flexibility index (Phi) is 4.15. The summed E-state index contributed by atoms with van der Waals surface area (Å²) in [5.41, 5.74) is 3.72. The van der Waals surface area contributed by atoms with Crippen LogP contribution in [0.15, 0.2) is 18.5 Å². The van der Waals surface area contributed by atoms with E-state index in [1.165, 1.54) is 12.8 Å². The molecule has 0 aromatic carbocycles. The Labute approximate surface area is 107 Å². The van der Waals surface area contributed by atoms with E-state index in [4.69, 9.17) is 5.84 Å². The molecule has 3 N–H and O–H groups in total. The quantitative estimate of drug-likeness (QED) is 0.618. The summed E-state index contributed by atoms with van der Waals surface area (Å²) in [5.74, 6) is 5.46. The van der Waals surface area contributed by atoms with E-state index < -0.39 is 0 Å². The van der Waals surface area contributed by atoms with E-state index in [-0.39, 0.29) is 5.91 Å². The number of hydrogen-bond acceptors (Lipinski definition) is 4. The van der Waals surface area contributed by atoms with Crippen LogP contribution >= 0.6 is 0 Å². The minimum absolute atomic E-state index is 0.0414. The Morgan fingerprint density at radius 2 is 2.33 bits per heavy atom. The molecule has 1 amide bonds. The van der Waals surface area contributed by atoms with Crippen molar-refractivity contribution in [1.82, 2.24) is 9.88 Å². The number of nitrogens with zero attached hydrogens (tertiary/aromatic N) is 2. The Morgan fingerprint density at radius 1 is 1.50 bits per heavy atom. The van der Waals surface area contributed by atoms with E-state index in [0.717, 1.165) is 19.4 Å². The van der Waals surface area contributed by atoms with Crippen LogP contribution in [0.2, 0.25) is 0 Å². The molecule has 98 valence electrons. The number of nitrogens with two attached hydrogens (primary N) is 1. The predicted molar refractivity (Wildman–Crippen MR) is 71.0 cm³/mol. The molecule has 5 nitrogen and oxygen atoms in total. The van der Waals surface area contributed by atoms with Crippen LogP contribution in [0.5, 0.6) is 0 Å². The van der Waals surface area contributed by atoms with Gasteiger partial charge in [-0.15, -0.1) is 0 Å². The van der Waals surface area contributed by atoms with Crippen LogP contribution < -0.4 is 11.3 Å². The molecular weight excluding hydrogens is 228 g/mol. The third-order valence-corrected chi connectivity index (χ3v) is 3.52. The molecule has 1 unspecified atom stereocenters. The minimum atomic E-state index is 0.0414. The first-order chi connectivity index (χ1) is 8.74.